The first-order valence-electron chi connectivity index (χ1n) is 5.34. The fraction of sp³-hybridized carbons (Fsp3) is 0.889. The summed E-state index contributed by atoms with van der Waals surface area (Å²) < 4.78 is 4.58. The summed E-state index contributed by atoms with van der Waals surface area (Å²) in [6.07, 6.45) is -7.04. The zero-order chi connectivity index (χ0) is 15.2. The highest BCUT2D eigenvalue weighted by atomic mass is 32.1. The van der Waals surface area contributed by atoms with Gasteiger partial charge in [0, 0.05) is 5.75 Å². The van der Waals surface area contributed by atoms with Gasteiger partial charge in [0.25, 0.3) is 0 Å². The first kappa shape index (κ1) is 18.5. The molecule has 0 radical (unpaired) electrons. The number of carboxylic acid groups (broad SMARTS) is 1. The summed E-state index contributed by atoms with van der Waals surface area (Å²) >= 11 is 3.65. The van der Waals surface area contributed by atoms with Crippen molar-refractivity contribution in [2.45, 2.75) is 36.7 Å². The van der Waals surface area contributed by atoms with Crippen LogP contribution < -0.4 is 5.73 Å². The molecule has 1 rings (SSSR count). The van der Waals surface area contributed by atoms with Crippen LogP contribution in [-0.4, -0.2) is 85.7 Å². The topological polar surface area (TPSA) is 174 Å². The van der Waals surface area contributed by atoms with E-state index in [9.17, 15) is 4.79 Å². The lowest BCUT2D eigenvalue weighted by molar-refractivity contribution is -0.286. The van der Waals surface area contributed by atoms with Gasteiger partial charge in [-0.25, -0.2) is 0 Å². The highest BCUT2D eigenvalue weighted by Crippen LogP contribution is 2.18. The van der Waals surface area contributed by atoms with Gasteiger partial charge in [0.15, 0.2) is 6.29 Å². The van der Waals surface area contributed by atoms with Gasteiger partial charge in [-0.1, -0.05) is 0 Å². The summed E-state index contributed by atoms with van der Waals surface area (Å²) in [5.41, 5.74) is 4.94. The third kappa shape index (κ3) is 5.58. The molecule has 0 saturated carbocycles. The van der Waals surface area contributed by atoms with Crippen LogP contribution >= 0.6 is 12.6 Å². The van der Waals surface area contributed by atoms with Crippen LogP contribution in [0.15, 0.2) is 0 Å². The molecule has 0 aromatic rings. The first-order chi connectivity index (χ1) is 8.76. The van der Waals surface area contributed by atoms with Gasteiger partial charge < -0.3 is 41.1 Å². The summed E-state index contributed by atoms with van der Waals surface area (Å²) in [4.78, 5) is 9.76. The Morgan fingerprint density at radius 2 is 1.74 bits per heavy atom. The Bertz CT molecular complexity index is 276. The molecule has 1 unspecified atom stereocenters. The van der Waals surface area contributed by atoms with E-state index in [0.29, 0.717) is 0 Å². The summed E-state index contributed by atoms with van der Waals surface area (Å²) in [5.74, 6) is -0.815. The minimum absolute atomic E-state index is 0.190. The molecule has 1 fully saturated rings. The number of thiol groups is 1. The lowest BCUT2D eigenvalue weighted by Gasteiger charge is -2.37. The van der Waals surface area contributed by atoms with Crippen LogP contribution in [0.4, 0.5) is 0 Å². The Balaban J connectivity index is 0.000000399. The van der Waals surface area contributed by atoms with Gasteiger partial charge in [-0.2, -0.15) is 12.6 Å². The van der Waals surface area contributed by atoms with Gasteiger partial charge in [0.05, 0.1) is 6.61 Å². The van der Waals surface area contributed by atoms with Crippen molar-refractivity contribution in [2.24, 2.45) is 5.73 Å². The Hall–Kier alpha value is -0.460. The highest BCUT2D eigenvalue weighted by molar-refractivity contribution is 7.80. The molecular weight excluding hydrogens is 282 g/mol. The van der Waals surface area contributed by atoms with E-state index in [1.807, 2.05) is 0 Å². The molecular formula is C9H19NO8S. The van der Waals surface area contributed by atoms with Crippen LogP contribution in [0.2, 0.25) is 0 Å². The Morgan fingerprint density at radius 3 is 2.05 bits per heavy atom. The van der Waals surface area contributed by atoms with Crippen molar-refractivity contribution in [3.8, 4) is 0 Å². The maximum atomic E-state index is 9.76. The number of hydrogen-bond donors (Lipinski definition) is 8. The molecule has 1 saturated heterocycles. The zero-order valence-electron chi connectivity index (χ0n) is 9.90. The maximum absolute atomic E-state index is 9.76. The second-order valence-electron chi connectivity index (χ2n) is 3.85. The van der Waals surface area contributed by atoms with Gasteiger partial charge in [0.1, 0.15) is 30.5 Å². The fourth-order valence-corrected chi connectivity index (χ4v) is 1.32. The van der Waals surface area contributed by atoms with Crippen LogP contribution in [0.3, 0.4) is 0 Å². The Morgan fingerprint density at radius 1 is 1.21 bits per heavy atom. The molecule has 1 aliphatic heterocycles. The second-order valence-corrected chi connectivity index (χ2v) is 4.21. The van der Waals surface area contributed by atoms with Crippen LogP contribution in [0, 0.1) is 0 Å². The number of ether oxygens (including phenoxy) is 1. The van der Waals surface area contributed by atoms with E-state index in [4.69, 9.17) is 36.4 Å². The molecule has 9 nitrogen and oxygen atoms in total. The maximum Gasteiger partial charge on any atom is 0.321 e. The number of hydrogen-bond acceptors (Lipinski definition) is 9. The Kier molecular flexibility index (Phi) is 8.45. The van der Waals surface area contributed by atoms with Crippen LogP contribution in [0.1, 0.15) is 0 Å². The van der Waals surface area contributed by atoms with Gasteiger partial charge in [-0.05, 0) is 0 Å². The van der Waals surface area contributed by atoms with Gasteiger partial charge in [-0.3, -0.25) is 4.79 Å². The van der Waals surface area contributed by atoms with Crippen molar-refractivity contribution in [1.29, 1.82) is 0 Å². The zero-order valence-corrected chi connectivity index (χ0v) is 10.8. The number of nitrogens with two attached hydrogens (primary N) is 1. The molecule has 0 aliphatic carbocycles. The number of aliphatic carboxylic acids is 1. The molecule has 1 aliphatic rings. The van der Waals surface area contributed by atoms with E-state index in [1.54, 1.807) is 0 Å². The van der Waals surface area contributed by atoms with Crippen molar-refractivity contribution < 1.29 is 40.2 Å². The summed E-state index contributed by atoms with van der Waals surface area (Å²) in [6.45, 7) is -0.526. The normalized spacial score (nSPS) is 36.1. The van der Waals surface area contributed by atoms with E-state index >= 15 is 0 Å². The smallest absolute Gasteiger partial charge is 0.321 e. The summed E-state index contributed by atoms with van der Waals surface area (Å²) in [7, 11) is 0. The standard InChI is InChI=1S/C6H12O6.C3H7NO2S/c7-1-2-3(8)4(9)5(10)6(11)12-2;4-2(1-7)3(5)6/h2-11H,1H2;2,7H,1,4H2,(H,5,6)/t2-,3-,4+,5-,6+;/m1./s1. The summed E-state index contributed by atoms with van der Waals surface area (Å²) in [6, 6.07) is -0.816. The molecule has 10 heteroatoms. The third-order valence-electron chi connectivity index (χ3n) is 2.38. The average molecular weight is 301 g/mol. The molecule has 8 N–H and O–H groups in total. The second kappa shape index (κ2) is 8.66. The molecule has 0 bridgehead atoms. The van der Waals surface area contributed by atoms with Gasteiger partial charge >= 0.3 is 5.97 Å². The van der Waals surface area contributed by atoms with E-state index in [2.05, 4.69) is 17.4 Å². The quantitative estimate of drug-likeness (QED) is 0.242. The predicted molar refractivity (Wildman–Crippen MR) is 65.5 cm³/mol. The predicted octanol–water partition coefficient (Wildman–Crippen LogP) is -3.89. The SMILES string of the molecule is NC(CS)C(=O)O.OC[C@H]1O[C@H](O)[C@H](O)[C@@H](O)[C@@H]1O. The minimum Gasteiger partial charge on any atom is -0.480 e. The Labute approximate surface area is 114 Å². The van der Waals surface area contributed by atoms with E-state index in [1.165, 1.54) is 0 Å². The third-order valence-corrected chi connectivity index (χ3v) is 2.77. The van der Waals surface area contributed by atoms with Gasteiger partial charge in [0.2, 0.25) is 0 Å². The van der Waals surface area contributed by atoms with Crippen molar-refractivity contribution >= 4 is 18.6 Å². The van der Waals surface area contributed by atoms with Gasteiger partial charge in [-0.15, -0.1) is 0 Å². The number of aliphatic hydroxyl groups excluding tert-OH is 5. The van der Waals surface area contributed by atoms with E-state index < -0.39 is 49.3 Å². The van der Waals surface area contributed by atoms with Crippen molar-refractivity contribution in [3.63, 3.8) is 0 Å². The largest absolute Gasteiger partial charge is 0.480 e. The average Bonchev–Trinajstić information content (AvgIpc) is 2.40. The molecule has 0 aromatic carbocycles. The van der Waals surface area contributed by atoms with Crippen LogP contribution in [0.5, 0.6) is 0 Å². The summed E-state index contributed by atoms with van der Waals surface area (Å²) in [5, 5.41) is 52.7. The van der Waals surface area contributed by atoms with Crippen molar-refractivity contribution in [2.75, 3.05) is 12.4 Å². The van der Waals surface area contributed by atoms with Crippen molar-refractivity contribution in [3.05, 3.63) is 0 Å². The molecule has 6 atom stereocenters. The highest BCUT2D eigenvalue weighted by Gasteiger charge is 2.42. The lowest BCUT2D eigenvalue weighted by Crippen LogP contribution is -2.58. The van der Waals surface area contributed by atoms with Crippen LogP contribution in [0.25, 0.3) is 0 Å². The van der Waals surface area contributed by atoms with E-state index in [0.717, 1.165) is 0 Å². The molecule has 0 aromatic heterocycles. The number of carbonyl (C=O) groups is 1. The van der Waals surface area contributed by atoms with Crippen molar-refractivity contribution in [1.82, 2.24) is 0 Å². The first-order valence-corrected chi connectivity index (χ1v) is 5.97. The number of aliphatic hydroxyl groups is 5. The molecule has 114 valence electrons. The number of rotatable bonds is 3. The minimum atomic E-state index is -1.57. The van der Waals surface area contributed by atoms with Crippen LogP contribution in [-0.2, 0) is 9.53 Å². The number of carboxylic acids is 1. The molecule has 19 heavy (non-hydrogen) atoms. The monoisotopic (exact) mass is 301 g/mol. The molecule has 1 heterocycles. The molecule has 0 amide bonds. The van der Waals surface area contributed by atoms with E-state index in [-0.39, 0.29) is 5.75 Å². The fourth-order valence-electron chi connectivity index (χ4n) is 1.16. The lowest BCUT2D eigenvalue weighted by atomic mass is 10.00. The molecule has 0 spiro atoms.